The first-order chi connectivity index (χ1) is 7.86. The minimum absolute atomic E-state index is 0.281. The molecule has 5 heteroatoms. The zero-order chi connectivity index (χ0) is 11.4. The summed E-state index contributed by atoms with van der Waals surface area (Å²) < 4.78 is 10.2. The van der Waals surface area contributed by atoms with E-state index in [1.807, 2.05) is 30.3 Å². The maximum Gasteiger partial charge on any atom is 0.223 e. The highest BCUT2D eigenvalue weighted by molar-refractivity contribution is 5.84. The molecule has 1 aromatic heterocycles. The Kier molecular flexibility index (Phi) is 2.86. The first-order valence-electron chi connectivity index (χ1n) is 4.63. The van der Waals surface area contributed by atoms with Gasteiger partial charge in [-0.25, -0.2) is 0 Å². The van der Waals surface area contributed by atoms with E-state index in [0.29, 0.717) is 11.4 Å². The average Bonchev–Trinajstić information content (AvgIpc) is 2.73. The number of rotatable bonds is 3. The zero-order valence-electron chi connectivity index (χ0n) is 8.62. The van der Waals surface area contributed by atoms with Gasteiger partial charge in [-0.05, 0) is 0 Å². The lowest BCUT2D eigenvalue weighted by Crippen LogP contribution is -1.88. The van der Waals surface area contributed by atoms with Crippen LogP contribution in [0.15, 0.2) is 40.0 Å². The predicted molar refractivity (Wildman–Crippen MR) is 57.9 cm³/mol. The van der Waals surface area contributed by atoms with E-state index >= 15 is 0 Å². The van der Waals surface area contributed by atoms with Gasteiger partial charge in [-0.3, -0.25) is 0 Å². The predicted octanol–water partition coefficient (Wildman–Crippen LogP) is 2.16. The van der Waals surface area contributed by atoms with Crippen LogP contribution in [0.5, 0.6) is 5.75 Å². The number of methoxy groups -OCH3 is 1. The van der Waals surface area contributed by atoms with Crippen LogP contribution in [0.4, 0.5) is 0 Å². The second-order valence-electron chi connectivity index (χ2n) is 3.04. The van der Waals surface area contributed by atoms with E-state index in [1.54, 1.807) is 0 Å². The first-order valence-corrected chi connectivity index (χ1v) is 4.63. The number of aromatic nitrogens is 1. The van der Waals surface area contributed by atoms with Gasteiger partial charge >= 0.3 is 0 Å². The number of oxime groups is 1. The van der Waals surface area contributed by atoms with Crippen molar-refractivity contribution in [2.45, 2.75) is 0 Å². The van der Waals surface area contributed by atoms with Crippen molar-refractivity contribution >= 4 is 6.21 Å². The topological polar surface area (TPSA) is 67.9 Å². The van der Waals surface area contributed by atoms with Crippen molar-refractivity contribution in [3.8, 4) is 17.0 Å². The van der Waals surface area contributed by atoms with Crippen molar-refractivity contribution in [3.05, 3.63) is 36.1 Å². The molecule has 0 saturated carbocycles. The lowest BCUT2D eigenvalue weighted by molar-refractivity contribution is 0.318. The molecule has 2 aromatic rings. The van der Waals surface area contributed by atoms with Gasteiger partial charge in [0.1, 0.15) is 6.21 Å². The molecule has 0 unspecified atom stereocenters. The fourth-order valence-corrected chi connectivity index (χ4v) is 1.41. The summed E-state index contributed by atoms with van der Waals surface area (Å²) in [5, 5.41) is 15.2. The number of nitrogens with zero attached hydrogens (tertiary/aromatic N) is 2. The molecule has 82 valence electrons. The van der Waals surface area contributed by atoms with Crippen LogP contribution >= 0.6 is 0 Å². The summed E-state index contributed by atoms with van der Waals surface area (Å²) in [5.41, 5.74) is 1.46. The molecule has 16 heavy (non-hydrogen) atoms. The molecule has 0 bridgehead atoms. The Morgan fingerprint density at radius 3 is 2.75 bits per heavy atom. The Morgan fingerprint density at radius 2 is 2.12 bits per heavy atom. The van der Waals surface area contributed by atoms with Crippen LogP contribution in [0.25, 0.3) is 11.3 Å². The molecule has 0 aliphatic heterocycles. The van der Waals surface area contributed by atoms with Gasteiger partial charge in [0.2, 0.25) is 5.76 Å². The van der Waals surface area contributed by atoms with Gasteiger partial charge in [-0.1, -0.05) is 40.6 Å². The second-order valence-corrected chi connectivity index (χ2v) is 3.04. The molecule has 0 amide bonds. The number of hydrogen-bond donors (Lipinski definition) is 1. The van der Waals surface area contributed by atoms with Crippen molar-refractivity contribution in [3.63, 3.8) is 0 Å². The third-order valence-corrected chi connectivity index (χ3v) is 2.10. The Bertz CT molecular complexity index is 491. The van der Waals surface area contributed by atoms with E-state index in [4.69, 9.17) is 14.5 Å². The number of hydrogen-bond acceptors (Lipinski definition) is 5. The SMILES string of the molecule is COc1c(-c2ccccc2)noc1C=NO. The fourth-order valence-electron chi connectivity index (χ4n) is 1.41. The summed E-state index contributed by atoms with van der Waals surface area (Å²) in [6, 6.07) is 9.47. The van der Waals surface area contributed by atoms with Gasteiger partial charge in [0, 0.05) is 5.56 Å². The molecule has 1 aromatic carbocycles. The van der Waals surface area contributed by atoms with Crippen LogP contribution in [0.3, 0.4) is 0 Å². The van der Waals surface area contributed by atoms with E-state index in [-0.39, 0.29) is 5.76 Å². The Morgan fingerprint density at radius 1 is 1.38 bits per heavy atom. The first kappa shape index (κ1) is 10.2. The van der Waals surface area contributed by atoms with Crippen molar-refractivity contribution in [2.24, 2.45) is 5.16 Å². The van der Waals surface area contributed by atoms with E-state index in [0.717, 1.165) is 11.8 Å². The minimum Gasteiger partial charge on any atom is -0.491 e. The highest BCUT2D eigenvalue weighted by Gasteiger charge is 2.16. The summed E-state index contributed by atoms with van der Waals surface area (Å²) in [7, 11) is 1.51. The molecule has 0 fully saturated rings. The number of benzene rings is 1. The quantitative estimate of drug-likeness (QED) is 0.487. The van der Waals surface area contributed by atoms with Gasteiger partial charge < -0.3 is 14.5 Å². The van der Waals surface area contributed by atoms with Crippen LogP contribution in [0.1, 0.15) is 5.76 Å². The molecule has 1 N–H and O–H groups in total. The van der Waals surface area contributed by atoms with Crippen LogP contribution in [-0.4, -0.2) is 23.7 Å². The van der Waals surface area contributed by atoms with Crippen molar-refractivity contribution in [1.82, 2.24) is 5.16 Å². The molecule has 2 rings (SSSR count). The van der Waals surface area contributed by atoms with Gasteiger partial charge in [0.05, 0.1) is 7.11 Å². The Balaban J connectivity index is 2.50. The molecule has 0 saturated heterocycles. The van der Waals surface area contributed by atoms with Gasteiger partial charge in [0.25, 0.3) is 0 Å². The summed E-state index contributed by atoms with van der Waals surface area (Å²) >= 11 is 0. The standard InChI is InChI=1S/C11H10N2O3/c1-15-11-9(7-12-14)16-13-10(11)8-5-3-2-4-6-8/h2-7,14H,1H3. The van der Waals surface area contributed by atoms with Gasteiger partial charge in [-0.15, -0.1) is 0 Å². The highest BCUT2D eigenvalue weighted by Crippen LogP contribution is 2.31. The summed E-state index contributed by atoms with van der Waals surface area (Å²) in [4.78, 5) is 0. The molecule has 5 nitrogen and oxygen atoms in total. The zero-order valence-corrected chi connectivity index (χ0v) is 8.62. The summed E-state index contributed by atoms with van der Waals surface area (Å²) in [6.45, 7) is 0. The van der Waals surface area contributed by atoms with E-state index in [2.05, 4.69) is 10.3 Å². The average molecular weight is 218 g/mol. The monoisotopic (exact) mass is 218 g/mol. The third-order valence-electron chi connectivity index (χ3n) is 2.10. The maximum absolute atomic E-state index is 8.45. The molecule has 0 spiro atoms. The normalized spacial score (nSPS) is 10.8. The minimum atomic E-state index is 0.281. The van der Waals surface area contributed by atoms with E-state index in [9.17, 15) is 0 Å². The van der Waals surface area contributed by atoms with Crippen LogP contribution in [-0.2, 0) is 0 Å². The molecule has 0 radical (unpaired) electrons. The third kappa shape index (κ3) is 1.75. The molecule has 0 atom stereocenters. The Labute approximate surface area is 91.9 Å². The second kappa shape index (κ2) is 4.48. The summed E-state index contributed by atoms with van der Waals surface area (Å²) in [6.07, 6.45) is 1.14. The number of ether oxygens (including phenoxy) is 1. The highest BCUT2D eigenvalue weighted by atomic mass is 16.5. The van der Waals surface area contributed by atoms with Crippen molar-refractivity contribution in [2.75, 3.05) is 7.11 Å². The molecule has 1 heterocycles. The smallest absolute Gasteiger partial charge is 0.223 e. The van der Waals surface area contributed by atoms with Gasteiger partial charge in [0.15, 0.2) is 11.4 Å². The van der Waals surface area contributed by atoms with Crippen LogP contribution < -0.4 is 4.74 Å². The molecule has 0 aliphatic carbocycles. The fraction of sp³-hybridized carbons (Fsp3) is 0.0909. The molecular formula is C11H10N2O3. The maximum atomic E-state index is 8.45. The molecule has 0 aliphatic rings. The summed E-state index contributed by atoms with van der Waals surface area (Å²) in [5.74, 6) is 0.729. The van der Waals surface area contributed by atoms with E-state index in [1.165, 1.54) is 7.11 Å². The molecular weight excluding hydrogens is 208 g/mol. The lowest BCUT2D eigenvalue weighted by Gasteiger charge is -1.99. The largest absolute Gasteiger partial charge is 0.491 e. The van der Waals surface area contributed by atoms with Crippen molar-refractivity contribution < 1.29 is 14.5 Å². The van der Waals surface area contributed by atoms with Crippen LogP contribution in [0, 0.1) is 0 Å². The lowest BCUT2D eigenvalue weighted by atomic mass is 10.1. The van der Waals surface area contributed by atoms with Crippen molar-refractivity contribution in [1.29, 1.82) is 0 Å². The van der Waals surface area contributed by atoms with E-state index < -0.39 is 0 Å². The van der Waals surface area contributed by atoms with Gasteiger partial charge in [-0.2, -0.15) is 0 Å². The Hall–Kier alpha value is -2.30. The van der Waals surface area contributed by atoms with Crippen LogP contribution in [0.2, 0.25) is 0 Å².